The molecule has 1 rings (SSSR count). The van der Waals surface area contributed by atoms with Gasteiger partial charge in [-0.15, -0.1) is 0 Å². The monoisotopic (exact) mass is 406 g/mol. The first-order chi connectivity index (χ1) is 14.1. The molecule has 0 aliphatic rings. The third kappa shape index (κ3) is 8.88. The topological polar surface area (TPSA) is 72.8 Å². The first kappa shape index (κ1) is 25.0. The molecule has 0 aliphatic heterocycles. The minimum absolute atomic E-state index is 0.0457. The van der Waals surface area contributed by atoms with E-state index in [-0.39, 0.29) is 12.3 Å². The Kier molecular flexibility index (Phi) is 12.8. The number of unbranched alkanes of at least 4 members (excludes halogenated alkanes) is 7. The molecule has 0 aliphatic carbocycles. The fourth-order valence-corrected chi connectivity index (χ4v) is 3.90. The van der Waals surface area contributed by atoms with E-state index >= 15 is 0 Å². The van der Waals surface area contributed by atoms with Gasteiger partial charge in [-0.2, -0.15) is 0 Å². The fraction of sp³-hybridized carbons (Fsp3) is 0.667. The number of ether oxygens (including phenoxy) is 2. The van der Waals surface area contributed by atoms with Gasteiger partial charge in [-0.3, -0.25) is 4.79 Å². The van der Waals surface area contributed by atoms with Crippen LogP contribution in [0.1, 0.15) is 94.6 Å². The van der Waals surface area contributed by atoms with Gasteiger partial charge in [0.15, 0.2) is 11.5 Å². The largest absolute Gasteiger partial charge is 0.493 e. The predicted octanol–water partition coefficient (Wildman–Crippen LogP) is 5.92. The summed E-state index contributed by atoms with van der Waals surface area (Å²) >= 11 is 0. The van der Waals surface area contributed by atoms with Crippen LogP contribution in [-0.4, -0.2) is 31.6 Å². The number of methoxy groups -OCH3 is 2. The lowest BCUT2D eigenvalue weighted by Gasteiger charge is -2.22. The molecule has 1 unspecified atom stereocenters. The molecule has 0 spiro atoms. The molecule has 1 N–H and O–H groups in total. The highest BCUT2D eigenvalue weighted by atomic mass is 16.5. The highest BCUT2D eigenvalue weighted by Crippen LogP contribution is 2.39. The highest BCUT2D eigenvalue weighted by molar-refractivity contribution is 5.67. The van der Waals surface area contributed by atoms with Gasteiger partial charge in [0, 0.05) is 18.4 Å². The van der Waals surface area contributed by atoms with Crippen LogP contribution in [0.4, 0.5) is 0 Å². The van der Waals surface area contributed by atoms with Crippen LogP contribution in [0.3, 0.4) is 0 Å². The maximum absolute atomic E-state index is 11.2. The normalized spacial score (nSPS) is 11.8. The van der Waals surface area contributed by atoms with Gasteiger partial charge in [-0.25, -0.2) is 0 Å². The molecular weight excluding hydrogens is 368 g/mol. The molecule has 164 valence electrons. The molecule has 5 nitrogen and oxygen atoms in total. The van der Waals surface area contributed by atoms with Crippen molar-refractivity contribution in [3.05, 3.63) is 23.3 Å². The smallest absolute Gasteiger partial charge is 0.303 e. The summed E-state index contributed by atoms with van der Waals surface area (Å²) in [5, 5.41) is 9.07. The van der Waals surface area contributed by atoms with Gasteiger partial charge in [-0.1, -0.05) is 57.9 Å². The van der Waals surface area contributed by atoms with E-state index in [0.717, 1.165) is 36.7 Å². The van der Waals surface area contributed by atoms with Crippen LogP contribution in [0.5, 0.6) is 11.5 Å². The SMILES string of the molecule is CCCCCCCCCCc1c(C(CC=O)CCC(=O)O)ccc(OC)c1OC. The predicted molar refractivity (Wildman–Crippen MR) is 116 cm³/mol. The zero-order valence-electron chi connectivity index (χ0n) is 18.4. The van der Waals surface area contributed by atoms with Crippen molar-refractivity contribution in [3.63, 3.8) is 0 Å². The molecule has 0 saturated carbocycles. The van der Waals surface area contributed by atoms with Gasteiger partial charge in [0.1, 0.15) is 6.29 Å². The number of carboxylic acid groups (broad SMARTS) is 1. The molecule has 1 atom stereocenters. The number of carbonyl (C=O) groups is 2. The van der Waals surface area contributed by atoms with Crippen LogP contribution in [0.15, 0.2) is 12.1 Å². The molecule has 0 saturated heterocycles. The number of carboxylic acids is 1. The van der Waals surface area contributed by atoms with E-state index in [1.807, 2.05) is 12.1 Å². The molecule has 0 amide bonds. The summed E-state index contributed by atoms with van der Waals surface area (Å²) in [5.74, 6) is 0.423. The average Bonchev–Trinajstić information content (AvgIpc) is 2.72. The number of aliphatic carboxylic acids is 1. The maximum Gasteiger partial charge on any atom is 0.303 e. The summed E-state index contributed by atoms with van der Waals surface area (Å²) in [6.07, 6.45) is 12.4. The molecule has 0 aromatic heterocycles. The van der Waals surface area contributed by atoms with Gasteiger partial charge in [0.2, 0.25) is 0 Å². The fourth-order valence-electron chi connectivity index (χ4n) is 3.90. The van der Waals surface area contributed by atoms with Gasteiger partial charge < -0.3 is 19.4 Å². The Morgan fingerprint density at radius 2 is 1.69 bits per heavy atom. The molecular formula is C24H38O5. The van der Waals surface area contributed by atoms with Crippen LogP contribution in [0.25, 0.3) is 0 Å². The zero-order valence-corrected chi connectivity index (χ0v) is 18.4. The average molecular weight is 407 g/mol. The van der Waals surface area contributed by atoms with Crippen molar-refractivity contribution in [1.82, 2.24) is 0 Å². The Balaban J connectivity index is 2.89. The van der Waals surface area contributed by atoms with Gasteiger partial charge in [-0.05, 0) is 36.8 Å². The van der Waals surface area contributed by atoms with E-state index in [2.05, 4.69) is 6.92 Å². The van der Waals surface area contributed by atoms with E-state index in [1.54, 1.807) is 14.2 Å². The van der Waals surface area contributed by atoms with Crippen LogP contribution in [0, 0.1) is 0 Å². The molecule has 0 radical (unpaired) electrons. The van der Waals surface area contributed by atoms with Gasteiger partial charge in [0.25, 0.3) is 0 Å². The second-order valence-electron chi connectivity index (χ2n) is 7.63. The minimum atomic E-state index is -0.842. The van der Waals surface area contributed by atoms with E-state index < -0.39 is 5.97 Å². The van der Waals surface area contributed by atoms with Crippen molar-refractivity contribution in [1.29, 1.82) is 0 Å². The van der Waals surface area contributed by atoms with Crippen LogP contribution in [0.2, 0.25) is 0 Å². The number of aldehydes is 1. The molecule has 0 bridgehead atoms. The Hall–Kier alpha value is -2.04. The lowest BCUT2D eigenvalue weighted by atomic mass is 9.86. The van der Waals surface area contributed by atoms with Crippen molar-refractivity contribution >= 4 is 12.3 Å². The standard InChI is InChI=1S/C24H38O5/c1-4-5-6-7-8-9-10-11-12-21-20(14-15-22(28-2)24(21)29-3)19(17-18-25)13-16-23(26)27/h14-15,18-19H,4-13,16-17H2,1-3H3,(H,26,27). The third-order valence-electron chi connectivity index (χ3n) is 5.49. The number of rotatable bonds is 17. The Bertz CT molecular complexity index is 612. The number of benzene rings is 1. The Morgan fingerprint density at radius 3 is 2.24 bits per heavy atom. The molecule has 29 heavy (non-hydrogen) atoms. The van der Waals surface area contributed by atoms with Gasteiger partial charge in [0.05, 0.1) is 14.2 Å². The lowest BCUT2D eigenvalue weighted by molar-refractivity contribution is -0.137. The molecule has 1 aromatic rings. The van der Waals surface area contributed by atoms with Crippen molar-refractivity contribution in [3.8, 4) is 11.5 Å². The lowest BCUT2D eigenvalue weighted by Crippen LogP contribution is -2.09. The zero-order chi connectivity index (χ0) is 21.5. The second-order valence-corrected chi connectivity index (χ2v) is 7.63. The first-order valence-corrected chi connectivity index (χ1v) is 11.0. The maximum atomic E-state index is 11.2. The Morgan fingerprint density at radius 1 is 1.03 bits per heavy atom. The van der Waals surface area contributed by atoms with Crippen LogP contribution >= 0.6 is 0 Å². The number of hydrogen-bond donors (Lipinski definition) is 1. The van der Waals surface area contributed by atoms with Crippen molar-refractivity contribution in [2.24, 2.45) is 0 Å². The quantitative estimate of drug-likeness (QED) is 0.257. The molecule has 5 heteroatoms. The first-order valence-electron chi connectivity index (χ1n) is 11.0. The summed E-state index contributed by atoms with van der Waals surface area (Å²) in [6, 6.07) is 3.82. The van der Waals surface area contributed by atoms with Crippen molar-refractivity contribution in [2.45, 2.75) is 89.9 Å². The summed E-state index contributed by atoms with van der Waals surface area (Å²) in [6.45, 7) is 2.23. The number of carbonyl (C=O) groups excluding carboxylic acids is 1. The molecule has 0 heterocycles. The number of hydrogen-bond acceptors (Lipinski definition) is 4. The van der Waals surface area contributed by atoms with Crippen LogP contribution < -0.4 is 9.47 Å². The molecule has 1 aromatic carbocycles. The summed E-state index contributed by atoms with van der Waals surface area (Å²) in [5.41, 5.74) is 2.06. The third-order valence-corrected chi connectivity index (χ3v) is 5.49. The van der Waals surface area contributed by atoms with E-state index in [0.29, 0.717) is 24.3 Å². The van der Waals surface area contributed by atoms with E-state index in [4.69, 9.17) is 14.6 Å². The Labute approximate surface area is 175 Å². The summed E-state index contributed by atoms with van der Waals surface area (Å²) < 4.78 is 11.1. The minimum Gasteiger partial charge on any atom is -0.493 e. The summed E-state index contributed by atoms with van der Waals surface area (Å²) in [4.78, 5) is 22.3. The highest BCUT2D eigenvalue weighted by Gasteiger charge is 2.21. The van der Waals surface area contributed by atoms with E-state index in [9.17, 15) is 9.59 Å². The van der Waals surface area contributed by atoms with Crippen molar-refractivity contribution in [2.75, 3.05) is 14.2 Å². The van der Waals surface area contributed by atoms with Gasteiger partial charge >= 0.3 is 5.97 Å². The van der Waals surface area contributed by atoms with Crippen molar-refractivity contribution < 1.29 is 24.2 Å². The second kappa shape index (κ2) is 14.9. The summed E-state index contributed by atoms with van der Waals surface area (Å²) in [7, 11) is 3.25. The molecule has 0 fully saturated rings. The van der Waals surface area contributed by atoms with Crippen LogP contribution in [-0.2, 0) is 16.0 Å². The van der Waals surface area contributed by atoms with E-state index in [1.165, 1.54) is 38.5 Å².